The van der Waals surface area contributed by atoms with Crippen LogP contribution in [0.1, 0.15) is 12.8 Å². The zero-order valence-corrected chi connectivity index (χ0v) is 7.13. The molecule has 0 amide bonds. The third kappa shape index (κ3) is 2.59. The lowest BCUT2D eigenvalue weighted by atomic mass is 10.4. The van der Waals surface area contributed by atoms with Gasteiger partial charge in [-0.2, -0.15) is 9.90 Å². The van der Waals surface area contributed by atoms with E-state index in [4.69, 9.17) is 0 Å². The molecule has 1 rings (SSSR count). The highest BCUT2D eigenvalue weighted by Gasteiger charge is 2.03. The average molecular weight is 137 g/mol. The normalized spacial score (nSPS) is 21.9. The van der Waals surface area contributed by atoms with Crippen LogP contribution >= 0.6 is 19.3 Å². The van der Waals surface area contributed by atoms with Crippen LogP contribution in [0.25, 0.3) is 0 Å². The summed E-state index contributed by atoms with van der Waals surface area (Å²) in [5.41, 5.74) is 0. The van der Waals surface area contributed by atoms with Crippen molar-refractivity contribution >= 4 is 19.3 Å². The lowest BCUT2D eigenvalue weighted by molar-refractivity contribution is 0.586. The zero-order valence-electron chi connectivity index (χ0n) is 4.56. The zero-order chi connectivity index (χ0) is 4.41. The Morgan fingerprint density at radius 3 is 1.71 bits per heavy atom. The van der Waals surface area contributed by atoms with Crippen molar-refractivity contribution in [1.29, 1.82) is 0 Å². The first kappa shape index (κ1) is 7.82. The minimum atomic E-state index is 0. The van der Waals surface area contributed by atoms with Crippen LogP contribution < -0.4 is 0 Å². The number of hydrogen-bond acceptors (Lipinski definition) is 1. The minimum Gasteiger partial charge on any atom is -0.287 e. The summed E-state index contributed by atoms with van der Waals surface area (Å²) >= 11 is 0. The summed E-state index contributed by atoms with van der Waals surface area (Å²) in [5.74, 6) is 0. The van der Waals surface area contributed by atoms with Crippen LogP contribution in [0.15, 0.2) is 0 Å². The molecule has 0 bridgehead atoms. The molecule has 0 spiro atoms. The second-order valence-electron chi connectivity index (χ2n) is 1.74. The monoisotopic (exact) mass is 137 g/mol. The van der Waals surface area contributed by atoms with E-state index in [2.05, 4.69) is 14.1 Å². The van der Waals surface area contributed by atoms with Gasteiger partial charge in [-0.05, 0) is 12.8 Å². The second-order valence-corrected chi connectivity index (χ2v) is 2.47. The SMILES string of the molecule is P.PN1CCCC1. The highest BCUT2D eigenvalue weighted by atomic mass is 31.0. The van der Waals surface area contributed by atoms with Crippen molar-refractivity contribution in [2.45, 2.75) is 12.8 Å². The number of rotatable bonds is 0. The van der Waals surface area contributed by atoms with Gasteiger partial charge in [-0.1, -0.05) is 9.39 Å². The smallest absolute Gasteiger partial charge is 0.00166 e. The first-order valence-corrected chi connectivity index (χ1v) is 2.91. The van der Waals surface area contributed by atoms with Crippen LogP contribution in [-0.4, -0.2) is 17.8 Å². The van der Waals surface area contributed by atoms with Crippen molar-refractivity contribution in [2.24, 2.45) is 0 Å². The van der Waals surface area contributed by atoms with Gasteiger partial charge < -0.3 is 0 Å². The Balaban J connectivity index is 0.000000360. The standard InChI is InChI=1S/C4H10NP.H3P/c6-5-3-1-2-4-5;/h1-4,6H2;1H3. The summed E-state index contributed by atoms with van der Waals surface area (Å²) in [4.78, 5) is 0. The number of nitrogens with zero attached hydrogens (tertiary/aromatic N) is 1. The molecular formula is C4H13NP2. The van der Waals surface area contributed by atoms with Gasteiger partial charge in [0.1, 0.15) is 0 Å². The van der Waals surface area contributed by atoms with E-state index in [-0.39, 0.29) is 9.90 Å². The maximum absolute atomic E-state index is 2.71. The molecule has 1 fully saturated rings. The van der Waals surface area contributed by atoms with Crippen molar-refractivity contribution in [3.8, 4) is 0 Å². The quantitative estimate of drug-likeness (QED) is 0.449. The van der Waals surface area contributed by atoms with E-state index in [0.717, 1.165) is 0 Å². The molecule has 1 nitrogen and oxygen atoms in total. The first-order valence-electron chi connectivity index (χ1n) is 2.39. The molecule has 7 heavy (non-hydrogen) atoms. The Morgan fingerprint density at radius 2 is 1.57 bits per heavy atom. The lowest BCUT2D eigenvalue weighted by Crippen LogP contribution is -2.01. The summed E-state index contributed by atoms with van der Waals surface area (Å²) < 4.78 is 2.28. The van der Waals surface area contributed by atoms with E-state index in [0.29, 0.717) is 0 Å². The van der Waals surface area contributed by atoms with Gasteiger partial charge in [0.25, 0.3) is 0 Å². The van der Waals surface area contributed by atoms with Gasteiger partial charge in [-0.3, -0.25) is 4.67 Å². The van der Waals surface area contributed by atoms with Gasteiger partial charge in [0.2, 0.25) is 0 Å². The fraction of sp³-hybridized carbons (Fsp3) is 1.00. The van der Waals surface area contributed by atoms with Crippen molar-refractivity contribution in [3.05, 3.63) is 0 Å². The van der Waals surface area contributed by atoms with Gasteiger partial charge in [-0.15, -0.1) is 0 Å². The molecule has 3 heteroatoms. The largest absolute Gasteiger partial charge is 0.287 e. The van der Waals surface area contributed by atoms with Gasteiger partial charge in [-0.25, -0.2) is 0 Å². The van der Waals surface area contributed by atoms with Crippen LogP contribution in [-0.2, 0) is 0 Å². The number of hydrogen-bond donors (Lipinski definition) is 0. The van der Waals surface area contributed by atoms with Crippen molar-refractivity contribution in [1.82, 2.24) is 4.67 Å². The van der Waals surface area contributed by atoms with E-state index in [1.54, 1.807) is 0 Å². The van der Waals surface area contributed by atoms with Crippen molar-refractivity contribution in [2.75, 3.05) is 13.1 Å². The molecule has 2 unspecified atom stereocenters. The predicted molar refractivity (Wildman–Crippen MR) is 41.6 cm³/mol. The fourth-order valence-electron chi connectivity index (χ4n) is 0.742. The molecule has 2 atom stereocenters. The van der Waals surface area contributed by atoms with Crippen molar-refractivity contribution < 1.29 is 0 Å². The third-order valence-corrected chi connectivity index (χ3v) is 1.66. The summed E-state index contributed by atoms with van der Waals surface area (Å²) in [7, 11) is 2.71. The Hall–Kier alpha value is 0.820. The summed E-state index contributed by atoms with van der Waals surface area (Å²) in [6, 6.07) is 0. The van der Waals surface area contributed by atoms with Gasteiger partial charge in [0.15, 0.2) is 0 Å². The summed E-state index contributed by atoms with van der Waals surface area (Å²) in [5, 5.41) is 0. The summed E-state index contributed by atoms with van der Waals surface area (Å²) in [6.07, 6.45) is 2.78. The van der Waals surface area contributed by atoms with Crippen LogP contribution in [0.2, 0.25) is 0 Å². The van der Waals surface area contributed by atoms with Crippen molar-refractivity contribution in [3.63, 3.8) is 0 Å². The molecule has 0 aliphatic carbocycles. The highest BCUT2D eigenvalue weighted by Crippen LogP contribution is 2.10. The van der Waals surface area contributed by atoms with Crippen LogP contribution in [0.5, 0.6) is 0 Å². The molecule has 44 valence electrons. The molecule has 0 aromatic heterocycles. The first-order chi connectivity index (χ1) is 2.89. The maximum Gasteiger partial charge on any atom is 0.00166 e. The molecule has 1 saturated heterocycles. The molecule has 0 radical (unpaired) electrons. The molecule has 1 heterocycles. The Bertz CT molecular complexity index is 43.0. The van der Waals surface area contributed by atoms with E-state index >= 15 is 0 Å². The molecule has 0 aromatic carbocycles. The van der Waals surface area contributed by atoms with E-state index in [1.807, 2.05) is 0 Å². The van der Waals surface area contributed by atoms with E-state index in [9.17, 15) is 0 Å². The van der Waals surface area contributed by atoms with Gasteiger partial charge in [0.05, 0.1) is 0 Å². The molecule has 0 saturated carbocycles. The Labute approximate surface area is 50.7 Å². The van der Waals surface area contributed by atoms with E-state index < -0.39 is 0 Å². The maximum atomic E-state index is 2.71. The molecule has 0 N–H and O–H groups in total. The third-order valence-electron chi connectivity index (χ3n) is 1.14. The summed E-state index contributed by atoms with van der Waals surface area (Å²) in [6.45, 7) is 2.56. The van der Waals surface area contributed by atoms with Gasteiger partial charge >= 0.3 is 0 Å². The molecular weight excluding hydrogens is 124 g/mol. The molecule has 1 aliphatic heterocycles. The van der Waals surface area contributed by atoms with E-state index in [1.165, 1.54) is 25.9 Å². The molecule has 0 aromatic rings. The fourth-order valence-corrected chi connectivity index (χ4v) is 1.11. The van der Waals surface area contributed by atoms with Crippen LogP contribution in [0.4, 0.5) is 0 Å². The topological polar surface area (TPSA) is 3.24 Å². The molecule has 1 aliphatic rings. The average Bonchev–Trinajstić information content (AvgIpc) is 1.86. The minimum absolute atomic E-state index is 0. The Kier molecular flexibility index (Phi) is 4.22. The Morgan fingerprint density at radius 1 is 1.14 bits per heavy atom. The van der Waals surface area contributed by atoms with Crippen LogP contribution in [0, 0.1) is 0 Å². The predicted octanol–water partition coefficient (Wildman–Crippen LogP) is 0.930. The lowest BCUT2D eigenvalue weighted by Gasteiger charge is -2.00. The highest BCUT2D eigenvalue weighted by molar-refractivity contribution is 7.13. The second kappa shape index (κ2) is 3.78. The van der Waals surface area contributed by atoms with Gasteiger partial charge in [0, 0.05) is 13.1 Å². The van der Waals surface area contributed by atoms with Crippen LogP contribution in [0.3, 0.4) is 0 Å².